The highest BCUT2D eigenvalue weighted by molar-refractivity contribution is 7.97. The van der Waals surface area contributed by atoms with Crippen LogP contribution >= 0.6 is 0 Å². The van der Waals surface area contributed by atoms with Crippen LogP contribution in [0.2, 0.25) is 0 Å². The zero-order valence-corrected chi connectivity index (χ0v) is 10.6. The van der Waals surface area contributed by atoms with Crippen molar-refractivity contribution in [2.75, 3.05) is 5.75 Å². The number of rotatable bonds is 4. The predicted octanol–water partition coefficient (Wildman–Crippen LogP) is 4.26. The number of hydrogen-bond acceptors (Lipinski definition) is 0. The second kappa shape index (κ2) is 4.92. The van der Waals surface area contributed by atoms with E-state index in [0.717, 1.165) is 23.1 Å². The fraction of sp³-hybridized carbons (Fsp3) is 0.538. The summed E-state index contributed by atoms with van der Waals surface area (Å²) in [4.78, 5) is 0.893. The molecule has 0 aromatic heterocycles. The molecular formula is C13H16F3S+. The first-order chi connectivity index (χ1) is 8.02. The molecule has 0 saturated heterocycles. The molecule has 1 aliphatic rings. The SMILES string of the molecule is CCC[S+](c1cccc(C(F)(F)F)c1)C1CC1. The Kier molecular flexibility index (Phi) is 3.71. The van der Waals surface area contributed by atoms with Crippen LogP contribution < -0.4 is 0 Å². The zero-order chi connectivity index (χ0) is 12.5. The van der Waals surface area contributed by atoms with Crippen LogP contribution in [0.5, 0.6) is 0 Å². The Morgan fingerprint density at radius 1 is 1.29 bits per heavy atom. The summed E-state index contributed by atoms with van der Waals surface area (Å²) in [5.74, 6) is 1.02. The monoisotopic (exact) mass is 261 g/mol. The van der Waals surface area contributed by atoms with Gasteiger partial charge in [0.05, 0.1) is 5.56 Å². The molecule has 1 fully saturated rings. The molecule has 0 N–H and O–H groups in total. The van der Waals surface area contributed by atoms with E-state index in [-0.39, 0.29) is 10.9 Å². The molecule has 2 rings (SSSR count). The van der Waals surface area contributed by atoms with Gasteiger partial charge in [0.15, 0.2) is 4.90 Å². The largest absolute Gasteiger partial charge is 0.416 e. The van der Waals surface area contributed by atoms with Crippen molar-refractivity contribution in [1.82, 2.24) is 0 Å². The molecule has 1 aliphatic carbocycles. The van der Waals surface area contributed by atoms with Crippen molar-refractivity contribution in [3.8, 4) is 0 Å². The maximum absolute atomic E-state index is 12.6. The quantitative estimate of drug-likeness (QED) is 0.711. The van der Waals surface area contributed by atoms with Gasteiger partial charge < -0.3 is 0 Å². The van der Waals surface area contributed by atoms with E-state index in [1.807, 2.05) is 6.07 Å². The van der Waals surface area contributed by atoms with E-state index in [1.54, 1.807) is 0 Å². The van der Waals surface area contributed by atoms with Crippen LogP contribution in [0.1, 0.15) is 31.7 Å². The lowest BCUT2D eigenvalue weighted by molar-refractivity contribution is -0.137. The van der Waals surface area contributed by atoms with Crippen molar-refractivity contribution in [1.29, 1.82) is 0 Å². The van der Waals surface area contributed by atoms with Gasteiger partial charge in [-0.2, -0.15) is 13.2 Å². The van der Waals surface area contributed by atoms with E-state index in [0.29, 0.717) is 5.25 Å². The Labute approximate surface area is 103 Å². The predicted molar refractivity (Wildman–Crippen MR) is 65.3 cm³/mol. The molecule has 17 heavy (non-hydrogen) atoms. The maximum Gasteiger partial charge on any atom is 0.416 e. The first-order valence-corrected chi connectivity index (χ1v) is 7.35. The van der Waals surface area contributed by atoms with Crippen LogP contribution in [0, 0.1) is 0 Å². The lowest BCUT2D eigenvalue weighted by Crippen LogP contribution is -2.14. The van der Waals surface area contributed by atoms with Gasteiger partial charge in [-0.3, -0.25) is 0 Å². The highest BCUT2D eigenvalue weighted by atomic mass is 32.2. The minimum atomic E-state index is -4.22. The smallest absolute Gasteiger partial charge is 0.166 e. The average molecular weight is 261 g/mol. The van der Waals surface area contributed by atoms with Gasteiger partial charge in [-0.05, 0) is 18.6 Å². The molecule has 1 atom stereocenters. The van der Waals surface area contributed by atoms with E-state index in [9.17, 15) is 13.2 Å². The van der Waals surface area contributed by atoms with Crippen molar-refractivity contribution >= 4 is 10.9 Å². The lowest BCUT2D eigenvalue weighted by Gasteiger charge is -2.10. The van der Waals surface area contributed by atoms with Crippen molar-refractivity contribution < 1.29 is 13.2 Å². The summed E-state index contributed by atoms with van der Waals surface area (Å²) in [6.07, 6.45) is -0.824. The van der Waals surface area contributed by atoms with Crippen LogP contribution in [0.25, 0.3) is 0 Å². The Balaban J connectivity index is 2.24. The molecule has 0 nitrogen and oxygen atoms in total. The summed E-state index contributed by atoms with van der Waals surface area (Å²) < 4.78 is 37.9. The summed E-state index contributed by atoms with van der Waals surface area (Å²) in [6, 6.07) is 5.89. The first-order valence-electron chi connectivity index (χ1n) is 5.89. The normalized spacial score (nSPS) is 18.1. The minimum Gasteiger partial charge on any atom is -0.166 e. The molecule has 4 heteroatoms. The average Bonchev–Trinajstić information content (AvgIpc) is 3.09. The summed E-state index contributed by atoms with van der Waals surface area (Å²) in [5, 5.41) is 0.637. The minimum absolute atomic E-state index is 0.0264. The number of halogens is 3. The van der Waals surface area contributed by atoms with Gasteiger partial charge in [0.25, 0.3) is 0 Å². The van der Waals surface area contributed by atoms with Crippen LogP contribution in [-0.2, 0) is 17.1 Å². The van der Waals surface area contributed by atoms with Crippen molar-refractivity contribution in [2.45, 2.75) is 42.5 Å². The third-order valence-electron chi connectivity index (χ3n) is 2.81. The van der Waals surface area contributed by atoms with Gasteiger partial charge in [0.1, 0.15) is 11.0 Å². The van der Waals surface area contributed by atoms with Gasteiger partial charge in [-0.25, -0.2) is 0 Å². The number of benzene rings is 1. The molecule has 1 unspecified atom stereocenters. The molecule has 1 saturated carbocycles. The molecule has 0 spiro atoms. The molecule has 0 aliphatic heterocycles. The molecule has 0 radical (unpaired) electrons. The second-order valence-corrected chi connectivity index (χ2v) is 6.76. The third-order valence-corrected chi connectivity index (χ3v) is 5.80. The third kappa shape index (κ3) is 3.18. The van der Waals surface area contributed by atoms with Gasteiger partial charge in [-0.15, -0.1) is 0 Å². The Bertz CT molecular complexity index is 382. The zero-order valence-electron chi connectivity index (χ0n) is 9.76. The molecule has 1 aromatic carbocycles. The lowest BCUT2D eigenvalue weighted by atomic mass is 10.2. The van der Waals surface area contributed by atoms with Gasteiger partial charge >= 0.3 is 6.18 Å². The van der Waals surface area contributed by atoms with Crippen LogP contribution in [0.4, 0.5) is 13.2 Å². The van der Waals surface area contributed by atoms with E-state index >= 15 is 0 Å². The van der Waals surface area contributed by atoms with Crippen molar-refractivity contribution in [3.63, 3.8) is 0 Å². The summed E-state index contributed by atoms with van der Waals surface area (Å²) >= 11 is 0. The standard InChI is InChI=1S/C13H16F3S/c1-2-8-17(11-6-7-11)12-5-3-4-10(9-12)13(14,15)16/h3-5,9,11H,2,6-8H2,1H3/q+1. The summed E-state index contributed by atoms with van der Waals surface area (Å²) in [7, 11) is 0.0264. The first kappa shape index (κ1) is 12.8. The maximum atomic E-state index is 12.6. The fourth-order valence-corrected chi connectivity index (χ4v) is 4.52. The molecular weight excluding hydrogens is 245 g/mol. The molecule has 0 heterocycles. The van der Waals surface area contributed by atoms with Gasteiger partial charge in [-0.1, -0.05) is 13.0 Å². The molecule has 1 aromatic rings. The van der Waals surface area contributed by atoms with Crippen LogP contribution in [0.15, 0.2) is 29.2 Å². The van der Waals surface area contributed by atoms with E-state index in [2.05, 4.69) is 6.92 Å². The fourth-order valence-electron chi connectivity index (χ4n) is 1.88. The number of alkyl halides is 3. The van der Waals surface area contributed by atoms with Crippen molar-refractivity contribution in [3.05, 3.63) is 29.8 Å². The molecule has 0 bridgehead atoms. The van der Waals surface area contributed by atoms with Gasteiger partial charge in [0, 0.05) is 29.8 Å². The van der Waals surface area contributed by atoms with E-state index < -0.39 is 11.7 Å². The van der Waals surface area contributed by atoms with E-state index in [4.69, 9.17) is 0 Å². The Morgan fingerprint density at radius 3 is 2.53 bits per heavy atom. The molecule has 0 amide bonds. The van der Waals surface area contributed by atoms with Crippen LogP contribution in [0.3, 0.4) is 0 Å². The van der Waals surface area contributed by atoms with E-state index in [1.165, 1.54) is 25.0 Å². The summed E-state index contributed by atoms with van der Waals surface area (Å²) in [5.41, 5.74) is -0.510. The topological polar surface area (TPSA) is 0 Å². The highest BCUT2D eigenvalue weighted by Gasteiger charge is 2.42. The van der Waals surface area contributed by atoms with Crippen LogP contribution in [-0.4, -0.2) is 11.0 Å². The molecule has 94 valence electrons. The Hall–Kier alpha value is -0.640. The van der Waals surface area contributed by atoms with Crippen molar-refractivity contribution in [2.24, 2.45) is 0 Å². The highest BCUT2D eigenvalue weighted by Crippen LogP contribution is 2.38. The number of hydrogen-bond donors (Lipinski definition) is 0. The summed E-state index contributed by atoms with van der Waals surface area (Å²) in [6.45, 7) is 2.09. The second-order valence-electron chi connectivity index (χ2n) is 4.36. The Morgan fingerprint density at radius 2 is 2.00 bits per heavy atom. The van der Waals surface area contributed by atoms with Gasteiger partial charge in [0.2, 0.25) is 0 Å².